The standard InChI is InChI=1S/C27H29N3O3/c1-17-7-6-8-18(13-17)16-33-22-12-11-20(14-23(22)32-2)21-15-24(31)28-27-25(21)26(29-30-27)19-9-4-3-5-10-19/h3-14,21,25-27,29-30H,15-16H2,1-2H3,(H,28,31). The Hall–Kier alpha value is -3.35. The van der Waals surface area contributed by atoms with Gasteiger partial charge in [0.05, 0.1) is 19.3 Å². The van der Waals surface area contributed by atoms with Crippen LogP contribution in [0.3, 0.4) is 0 Å². The molecule has 0 aromatic heterocycles. The van der Waals surface area contributed by atoms with E-state index in [9.17, 15) is 4.79 Å². The zero-order valence-electron chi connectivity index (χ0n) is 18.9. The minimum absolute atomic E-state index is 0.0381. The van der Waals surface area contributed by atoms with Gasteiger partial charge in [-0.25, -0.2) is 10.9 Å². The van der Waals surface area contributed by atoms with Crippen LogP contribution in [0.1, 0.15) is 40.6 Å². The molecule has 0 spiro atoms. The third-order valence-electron chi connectivity index (χ3n) is 6.60. The SMILES string of the molecule is COc1cc(C2CC(=O)NC3NNC(c4ccccc4)C32)ccc1OCc1cccc(C)c1. The number of ether oxygens (including phenoxy) is 2. The number of nitrogens with one attached hydrogen (secondary N) is 3. The molecule has 2 aliphatic heterocycles. The Morgan fingerprint density at radius 1 is 0.909 bits per heavy atom. The van der Waals surface area contributed by atoms with Gasteiger partial charge in [-0.1, -0.05) is 66.2 Å². The number of hydrogen-bond acceptors (Lipinski definition) is 5. The van der Waals surface area contributed by atoms with E-state index < -0.39 is 0 Å². The Morgan fingerprint density at radius 3 is 2.55 bits per heavy atom. The summed E-state index contributed by atoms with van der Waals surface area (Å²) in [5, 5.41) is 3.09. The second-order valence-electron chi connectivity index (χ2n) is 8.80. The molecule has 0 aliphatic carbocycles. The Morgan fingerprint density at radius 2 is 1.76 bits per heavy atom. The fraction of sp³-hybridized carbons (Fsp3) is 0.296. The Kier molecular flexibility index (Phi) is 6.03. The zero-order valence-corrected chi connectivity index (χ0v) is 18.9. The molecule has 2 aliphatic rings. The summed E-state index contributed by atoms with van der Waals surface area (Å²) in [7, 11) is 1.65. The Bertz CT molecular complexity index is 1130. The average Bonchev–Trinajstić information content (AvgIpc) is 3.26. The summed E-state index contributed by atoms with van der Waals surface area (Å²) in [5.41, 5.74) is 11.3. The van der Waals surface area contributed by atoms with Crippen LogP contribution >= 0.6 is 0 Å². The topological polar surface area (TPSA) is 71.6 Å². The number of carbonyl (C=O) groups excluding carboxylic acids is 1. The van der Waals surface area contributed by atoms with Crippen molar-refractivity contribution in [1.29, 1.82) is 0 Å². The molecule has 2 heterocycles. The van der Waals surface area contributed by atoms with Gasteiger partial charge in [0, 0.05) is 18.3 Å². The molecule has 3 aromatic rings. The van der Waals surface area contributed by atoms with E-state index >= 15 is 0 Å². The fourth-order valence-corrected chi connectivity index (χ4v) is 5.03. The number of aryl methyl sites for hydroxylation is 1. The minimum Gasteiger partial charge on any atom is -0.493 e. The summed E-state index contributed by atoms with van der Waals surface area (Å²) in [4.78, 5) is 12.5. The number of methoxy groups -OCH3 is 1. The molecule has 0 bridgehead atoms. The van der Waals surface area contributed by atoms with Crippen molar-refractivity contribution in [2.24, 2.45) is 5.92 Å². The maximum atomic E-state index is 12.5. The predicted octanol–water partition coefficient (Wildman–Crippen LogP) is 3.98. The van der Waals surface area contributed by atoms with Crippen molar-refractivity contribution in [2.45, 2.75) is 38.1 Å². The summed E-state index contributed by atoms with van der Waals surface area (Å²) in [6, 6.07) is 24.8. The quantitative estimate of drug-likeness (QED) is 0.538. The molecule has 3 aromatic carbocycles. The van der Waals surface area contributed by atoms with Gasteiger partial charge in [-0.3, -0.25) is 4.79 Å². The van der Waals surface area contributed by atoms with E-state index in [-0.39, 0.29) is 30.0 Å². The van der Waals surface area contributed by atoms with Crippen molar-refractivity contribution < 1.29 is 14.3 Å². The van der Waals surface area contributed by atoms with Crippen LogP contribution in [-0.2, 0) is 11.4 Å². The first-order valence-electron chi connectivity index (χ1n) is 11.3. The second-order valence-corrected chi connectivity index (χ2v) is 8.80. The van der Waals surface area contributed by atoms with Crippen LogP contribution in [0, 0.1) is 12.8 Å². The van der Waals surface area contributed by atoms with Crippen molar-refractivity contribution in [2.75, 3.05) is 7.11 Å². The molecule has 0 radical (unpaired) electrons. The van der Waals surface area contributed by atoms with E-state index in [0.29, 0.717) is 24.5 Å². The van der Waals surface area contributed by atoms with Gasteiger partial charge < -0.3 is 14.8 Å². The van der Waals surface area contributed by atoms with E-state index in [1.807, 2.05) is 36.4 Å². The molecule has 0 saturated carbocycles. The number of amides is 1. The predicted molar refractivity (Wildman–Crippen MR) is 127 cm³/mol. The van der Waals surface area contributed by atoms with Crippen LogP contribution in [0.15, 0.2) is 72.8 Å². The molecule has 2 fully saturated rings. The molecule has 33 heavy (non-hydrogen) atoms. The number of hydrogen-bond donors (Lipinski definition) is 3. The first-order valence-corrected chi connectivity index (χ1v) is 11.3. The molecular weight excluding hydrogens is 414 g/mol. The smallest absolute Gasteiger partial charge is 0.221 e. The largest absolute Gasteiger partial charge is 0.493 e. The maximum absolute atomic E-state index is 12.5. The number of hydrazine groups is 1. The molecule has 4 atom stereocenters. The molecular formula is C27H29N3O3. The number of carbonyl (C=O) groups is 1. The highest BCUT2D eigenvalue weighted by Crippen LogP contribution is 2.44. The third-order valence-corrected chi connectivity index (χ3v) is 6.60. The zero-order chi connectivity index (χ0) is 22.8. The molecule has 3 N–H and O–H groups in total. The van der Waals surface area contributed by atoms with E-state index in [2.05, 4.69) is 59.5 Å². The number of fused-ring (bicyclic) bond motifs is 1. The lowest BCUT2D eigenvalue weighted by molar-refractivity contribution is -0.125. The first kappa shape index (κ1) is 21.5. The molecule has 1 amide bonds. The van der Waals surface area contributed by atoms with Crippen LogP contribution in [0.5, 0.6) is 11.5 Å². The normalized spacial score (nSPS) is 24.1. The Balaban J connectivity index is 1.41. The molecule has 2 saturated heterocycles. The maximum Gasteiger partial charge on any atom is 0.221 e. The Labute approximate surface area is 194 Å². The van der Waals surface area contributed by atoms with Gasteiger partial charge in [0.2, 0.25) is 5.91 Å². The number of benzene rings is 3. The monoisotopic (exact) mass is 443 g/mol. The number of rotatable bonds is 6. The van der Waals surface area contributed by atoms with Crippen LogP contribution in [0.25, 0.3) is 0 Å². The fourth-order valence-electron chi connectivity index (χ4n) is 5.03. The van der Waals surface area contributed by atoms with E-state index in [1.165, 1.54) is 11.1 Å². The van der Waals surface area contributed by atoms with E-state index in [0.717, 1.165) is 11.1 Å². The summed E-state index contributed by atoms with van der Waals surface area (Å²) >= 11 is 0. The summed E-state index contributed by atoms with van der Waals surface area (Å²) in [6.45, 7) is 2.54. The van der Waals surface area contributed by atoms with Gasteiger partial charge in [0.1, 0.15) is 6.61 Å². The van der Waals surface area contributed by atoms with E-state index in [1.54, 1.807) is 7.11 Å². The van der Waals surface area contributed by atoms with Crippen LogP contribution in [0.2, 0.25) is 0 Å². The van der Waals surface area contributed by atoms with Crippen molar-refractivity contribution in [1.82, 2.24) is 16.2 Å². The van der Waals surface area contributed by atoms with Gasteiger partial charge in [0.25, 0.3) is 0 Å². The second kappa shape index (κ2) is 9.25. The first-order chi connectivity index (χ1) is 16.1. The molecule has 170 valence electrons. The summed E-state index contributed by atoms with van der Waals surface area (Å²) in [5.74, 6) is 1.62. The molecule has 6 heteroatoms. The highest BCUT2D eigenvalue weighted by molar-refractivity contribution is 5.78. The van der Waals surface area contributed by atoms with Gasteiger partial charge in [0.15, 0.2) is 11.5 Å². The van der Waals surface area contributed by atoms with Gasteiger partial charge in [-0.15, -0.1) is 0 Å². The van der Waals surface area contributed by atoms with E-state index in [4.69, 9.17) is 9.47 Å². The number of piperidine rings is 1. The highest BCUT2D eigenvalue weighted by Gasteiger charge is 2.46. The highest BCUT2D eigenvalue weighted by atomic mass is 16.5. The van der Waals surface area contributed by atoms with Gasteiger partial charge >= 0.3 is 0 Å². The van der Waals surface area contributed by atoms with Crippen molar-refractivity contribution in [3.8, 4) is 11.5 Å². The summed E-state index contributed by atoms with van der Waals surface area (Å²) < 4.78 is 11.8. The lowest BCUT2D eigenvalue weighted by atomic mass is 9.74. The summed E-state index contributed by atoms with van der Waals surface area (Å²) in [6.07, 6.45) is 0.297. The van der Waals surface area contributed by atoms with Crippen LogP contribution in [0.4, 0.5) is 0 Å². The van der Waals surface area contributed by atoms with Crippen molar-refractivity contribution in [3.63, 3.8) is 0 Å². The average molecular weight is 444 g/mol. The minimum atomic E-state index is -0.135. The molecule has 6 nitrogen and oxygen atoms in total. The molecule has 5 rings (SSSR count). The lowest BCUT2D eigenvalue weighted by Gasteiger charge is -2.36. The van der Waals surface area contributed by atoms with Crippen molar-refractivity contribution >= 4 is 5.91 Å². The van der Waals surface area contributed by atoms with Crippen LogP contribution in [-0.4, -0.2) is 19.2 Å². The van der Waals surface area contributed by atoms with Gasteiger partial charge in [-0.05, 0) is 35.7 Å². The third kappa shape index (κ3) is 4.45. The lowest BCUT2D eigenvalue weighted by Crippen LogP contribution is -2.52. The van der Waals surface area contributed by atoms with Crippen molar-refractivity contribution in [3.05, 3.63) is 95.1 Å². The van der Waals surface area contributed by atoms with Gasteiger partial charge in [-0.2, -0.15) is 0 Å². The van der Waals surface area contributed by atoms with Crippen LogP contribution < -0.4 is 25.6 Å². The molecule has 4 unspecified atom stereocenters.